The summed E-state index contributed by atoms with van der Waals surface area (Å²) in [5.74, 6) is -4.99. The average molecular weight is 1040 g/mol. The lowest BCUT2D eigenvalue weighted by Crippen LogP contribution is -2.44. The molecule has 0 spiro atoms. The molecule has 2 fully saturated rings. The van der Waals surface area contributed by atoms with E-state index < -0.39 is 69.7 Å². The van der Waals surface area contributed by atoms with Crippen molar-refractivity contribution < 1.29 is 129 Å². The number of carbonyl (C=O) groups is 9. The van der Waals surface area contributed by atoms with Gasteiger partial charge in [-0.05, 0) is 6.92 Å². The average Bonchev–Trinajstić information content (AvgIpc) is 3.79. The smallest absolute Gasteiger partial charge is 0.245 e. The van der Waals surface area contributed by atoms with Crippen LogP contribution in [0.3, 0.4) is 0 Å². The highest BCUT2D eigenvalue weighted by Gasteiger charge is 2.40. The second kappa shape index (κ2) is 55.2. The SMILES string of the molecule is CCOCCC(=O)NC(CC(=O)NCCNC(=O)CCN1C(=O)CC(SF)C1=O)CC(=O)NCCNC(=O)CCN1C(=O)CC(SF)C1=O.FF.FF.FF.FF.FF.FF.FF.FF. The first-order valence-electron chi connectivity index (χ1n) is 16.7. The Morgan fingerprint density at radius 1 is 0.538 bits per heavy atom. The number of nitrogens with zero attached hydrogens (tertiary/aromatic N) is 2. The lowest BCUT2D eigenvalue weighted by atomic mass is 10.1. The van der Waals surface area contributed by atoms with Gasteiger partial charge in [-0.25, -0.2) is 0 Å². The van der Waals surface area contributed by atoms with Crippen LogP contribution in [0, 0.1) is 0 Å². The zero-order valence-electron chi connectivity index (χ0n) is 32.9. The van der Waals surface area contributed by atoms with Crippen LogP contribution in [0.1, 0.15) is 51.9 Å². The van der Waals surface area contributed by atoms with Crippen molar-refractivity contribution >= 4 is 77.5 Å². The monoisotopic (exact) mass is 1040 g/mol. The van der Waals surface area contributed by atoms with Gasteiger partial charge in [0.1, 0.15) is 10.5 Å². The number of ether oxygens (including phenoxy) is 1. The normalized spacial score (nSPS) is 14.3. The Labute approximate surface area is 363 Å². The van der Waals surface area contributed by atoms with E-state index >= 15 is 0 Å². The molecular formula is C28H41F18N7O10S2. The molecule has 2 atom stereocenters. The molecule has 2 aliphatic heterocycles. The van der Waals surface area contributed by atoms with Crippen molar-refractivity contribution in [3.8, 4) is 0 Å². The van der Waals surface area contributed by atoms with Crippen molar-refractivity contribution in [3.63, 3.8) is 0 Å². The maximum Gasteiger partial charge on any atom is 0.245 e. The number of hydrogen-bond donors (Lipinski definition) is 5. The number of amides is 9. The summed E-state index contributed by atoms with van der Waals surface area (Å²) in [6.45, 7) is 1.92. The van der Waals surface area contributed by atoms with Crippen molar-refractivity contribution in [1.82, 2.24) is 36.4 Å². The Kier molecular flexibility index (Phi) is 63.1. The van der Waals surface area contributed by atoms with Gasteiger partial charge in [-0.3, -0.25) is 53.0 Å². The third kappa shape index (κ3) is 37.0. The third-order valence-electron chi connectivity index (χ3n) is 7.19. The zero-order chi connectivity index (χ0) is 52.3. The first-order chi connectivity index (χ1) is 31.4. The molecule has 0 saturated carbocycles. The van der Waals surface area contributed by atoms with Crippen LogP contribution in [0.2, 0.25) is 0 Å². The summed E-state index contributed by atoms with van der Waals surface area (Å²) < 4.78 is 159. The van der Waals surface area contributed by atoms with E-state index in [1.54, 1.807) is 6.92 Å². The molecule has 37 heteroatoms. The molecule has 0 bridgehead atoms. The molecule has 0 aromatic carbocycles. The topological polar surface area (TPSA) is 229 Å². The summed E-state index contributed by atoms with van der Waals surface area (Å²) in [5.41, 5.74) is 0. The molecule has 65 heavy (non-hydrogen) atoms. The van der Waals surface area contributed by atoms with Crippen LogP contribution in [-0.2, 0) is 47.9 Å². The second-order valence-corrected chi connectivity index (χ2v) is 12.3. The van der Waals surface area contributed by atoms with Gasteiger partial charge < -0.3 is 31.3 Å². The van der Waals surface area contributed by atoms with E-state index in [1.165, 1.54) is 0 Å². The quantitative estimate of drug-likeness (QED) is 0.0510. The number of imide groups is 2. The van der Waals surface area contributed by atoms with Gasteiger partial charge in [-0.15, -0.1) is 0 Å². The van der Waals surface area contributed by atoms with Crippen LogP contribution < -0.4 is 26.6 Å². The van der Waals surface area contributed by atoms with Crippen LogP contribution in [0.4, 0.5) is 81.0 Å². The van der Waals surface area contributed by atoms with Crippen LogP contribution in [0.25, 0.3) is 0 Å². The van der Waals surface area contributed by atoms with Crippen molar-refractivity contribution in [2.45, 2.75) is 68.4 Å². The number of halogens is 18. The molecule has 2 unspecified atom stereocenters. The molecule has 0 aliphatic carbocycles. The molecule has 2 rings (SSSR count). The minimum Gasteiger partial charge on any atom is -0.381 e. The predicted octanol–water partition coefficient (Wildman–Crippen LogP) is 5.14. The number of hydrogen-bond acceptors (Lipinski definition) is 12. The van der Waals surface area contributed by atoms with Gasteiger partial charge in [0.15, 0.2) is 0 Å². The van der Waals surface area contributed by atoms with E-state index in [0.29, 0.717) is 6.61 Å². The number of likely N-dealkylation sites (tertiary alicyclic amines) is 2. The van der Waals surface area contributed by atoms with Gasteiger partial charge in [0.25, 0.3) is 0 Å². The molecule has 0 radical (unpaired) electrons. The van der Waals surface area contributed by atoms with Gasteiger partial charge in [0, 0.05) is 157 Å². The molecule has 2 saturated heterocycles. The zero-order valence-corrected chi connectivity index (χ0v) is 34.6. The summed E-state index contributed by atoms with van der Waals surface area (Å²) in [5, 5.41) is 10.6. The van der Waals surface area contributed by atoms with Gasteiger partial charge in [-0.1, -0.05) is 0 Å². The van der Waals surface area contributed by atoms with Crippen LogP contribution >= 0.6 is 24.3 Å². The van der Waals surface area contributed by atoms with E-state index in [1.807, 2.05) is 0 Å². The standard InChI is InChI=1S/C28H41F2N7O10S2.8F2/c1-2-47-12-5-22(40)35-17(13-23(41)33-8-6-31-20(38)3-10-36-25(43)15-18(48-29)27(36)45)14-24(42)34-9-7-32-21(39)4-11-37-26(44)16-19(49-30)28(37)46;8*1-2/h17-19H,2-16H2,1H3,(H,31,38)(H,32,39)(H,33,41)(H,34,42)(H,35,40);;;;;;;;. The Morgan fingerprint density at radius 3 is 1.12 bits per heavy atom. The van der Waals surface area contributed by atoms with Gasteiger partial charge in [0.2, 0.25) is 53.2 Å². The van der Waals surface area contributed by atoms with E-state index in [9.17, 15) is 50.9 Å². The van der Waals surface area contributed by atoms with E-state index in [-0.39, 0.29) is 115 Å². The van der Waals surface area contributed by atoms with Crippen molar-refractivity contribution in [2.24, 2.45) is 0 Å². The molecule has 0 aromatic heterocycles. The summed E-state index contributed by atoms with van der Waals surface area (Å²) >= 11 is -0.432. The van der Waals surface area contributed by atoms with Crippen molar-refractivity contribution in [3.05, 3.63) is 0 Å². The van der Waals surface area contributed by atoms with Gasteiger partial charge in [-0.2, -0.15) is 7.77 Å². The maximum atomic E-state index is 12.7. The highest BCUT2D eigenvalue weighted by atomic mass is 32.2. The van der Waals surface area contributed by atoms with Crippen LogP contribution in [0.5, 0.6) is 0 Å². The minimum atomic E-state index is -1.10. The van der Waals surface area contributed by atoms with Crippen molar-refractivity contribution in [1.29, 1.82) is 0 Å². The molecule has 0 aromatic rings. The second-order valence-electron chi connectivity index (χ2n) is 10.9. The minimum absolute atomic E-state index is 0.000902. The number of nitrogens with one attached hydrogen (secondary N) is 5. The van der Waals surface area contributed by atoms with Crippen molar-refractivity contribution in [2.75, 3.05) is 52.5 Å². The Morgan fingerprint density at radius 2 is 0.846 bits per heavy atom. The largest absolute Gasteiger partial charge is 0.381 e. The summed E-state index contributed by atoms with van der Waals surface area (Å²) in [4.78, 5) is 111. The highest BCUT2D eigenvalue weighted by Crippen LogP contribution is 2.26. The summed E-state index contributed by atoms with van der Waals surface area (Å²) in [7, 11) is 0. The molecule has 17 nitrogen and oxygen atoms in total. The third-order valence-corrected chi connectivity index (χ3v) is 8.36. The Hall–Kier alpha value is -4.97. The molecule has 2 heterocycles. The lowest BCUT2D eigenvalue weighted by Gasteiger charge is -2.19. The van der Waals surface area contributed by atoms with E-state index in [0.717, 1.165) is 9.80 Å². The fraction of sp³-hybridized carbons (Fsp3) is 0.679. The fourth-order valence-electron chi connectivity index (χ4n) is 4.70. The Bertz CT molecular complexity index is 1210. The molecular weight excluding hydrogens is 1000 g/mol. The predicted molar refractivity (Wildman–Crippen MR) is 189 cm³/mol. The number of rotatable bonds is 23. The molecule has 2 aliphatic rings. The Balaban J connectivity index is -0.000000377. The fourth-order valence-corrected chi connectivity index (χ4v) is 5.52. The van der Waals surface area contributed by atoms with Crippen LogP contribution in [0.15, 0.2) is 0 Å². The molecule has 9 amide bonds. The lowest BCUT2D eigenvalue weighted by molar-refractivity contribution is -0.140. The first kappa shape index (κ1) is 74.4. The first-order valence-corrected chi connectivity index (χ1v) is 18.3. The summed E-state index contributed by atoms with van der Waals surface area (Å²) in [6, 6.07) is -0.901. The van der Waals surface area contributed by atoms with E-state index in [2.05, 4.69) is 26.6 Å². The highest BCUT2D eigenvalue weighted by molar-refractivity contribution is 7.96. The maximum absolute atomic E-state index is 12.7. The number of carbonyl (C=O) groups excluding carboxylic acids is 9. The van der Waals surface area contributed by atoms with Gasteiger partial charge >= 0.3 is 0 Å². The molecule has 386 valence electrons. The molecule has 5 N–H and O–H groups in total. The summed E-state index contributed by atoms with van der Waals surface area (Å²) in [6.07, 6.45) is -1.49. The van der Waals surface area contributed by atoms with Gasteiger partial charge in [0.05, 0.1) is 43.7 Å². The van der Waals surface area contributed by atoms with Crippen LogP contribution in [-0.4, -0.2) is 132 Å². The van der Waals surface area contributed by atoms with E-state index in [4.69, 9.17) is 77.9 Å².